The molecule has 0 saturated heterocycles. The molecule has 0 atom stereocenters. The van der Waals surface area contributed by atoms with E-state index in [1.54, 1.807) is 22.6 Å². The second kappa shape index (κ2) is 6.35. The first kappa shape index (κ1) is 15.9. The van der Waals surface area contributed by atoms with Crippen LogP contribution in [0.3, 0.4) is 0 Å². The van der Waals surface area contributed by atoms with Crippen LogP contribution in [0.2, 0.25) is 0 Å². The average Bonchev–Trinajstić information content (AvgIpc) is 2.26. The van der Waals surface area contributed by atoms with Crippen molar-refractivity contribution in [3.8, 4) is 5.75 Å². The summed E-state index contributed by atoms with van der Waals surface area (Å²) in [6.45, 7) is -1.16. The fourth-order valence-corrected chi connectivity index (χ4v) is 1.93. The van der Waals surface area contributed by atoms with Crippen LogP contribution in [0.25, 0.3) is 0 Å². The van der Waals surface area contributed by atoms with E-state index >= 15 is 0 Å². The number of alkyl halides is 4. The van der Waals surface area contributed by atoms with Crippen LogP contribution in [-0.2, 0) is 22.6 Å². The Morgan fingerprint density at radius 2 is 2.11 bits per heavy atom. The number of carbonyl (C=O) groups excluding carboxylic acids is 1. The van der Waals surface area contributed by atoms with Gasteiger partial charge < -0.3 is 9.47 Å². The third-order valence-corrected chi connectivity index (χ3v) is 2.89. The lowest BCUT2D eigenvalue weighted by molar-refractivity contribution is -0.275. The maximum atomic E-state index is 12.7. The van der Waals surface area contributed by atoms with Crippen molar-refractivity contribution >= 4 is 28.6 Å². The molecule has 0 aromatic carbocycles. The van der Waals surface area contributed by atoms with E-state index in [1.165, 1.54) is 0 Å². The number of halogens is 5. The molecule has 0 aliphatic rings. The van der Waals surface area contributed by atoms with Crippen LogP contribution < -0.4 is 4.74 Å². The van der Waals surface area contributed by atoms with Crippen molar-refractivity contribution in [2.24, 2.45) is 0 Å². The van der Waals surface area contributed by atoms with E-state index in [4.69, 9.17) is 0 Å². The van der Waals surface area contributed by atoms with Gasteiger partial charge in [0.15, 0.2) is 0 Å². The number of hydrogen-bond donors (Lipinski definition) is 0. The van der Waals surface area contributed by atoms with Gasteiger partial charge in [-0.2, -0.15) is 0 Å². The van der Waals surface area contributed by atoms with Gasteiger partial charge in [0, 0.05) is 6.07 Å². The molecule has 19 heavy (non-hydrogen) atoms. The van der Waals surface area contributed by atoms with E-state index in [0.29, 0.717) is 0 Å². The zero-order valence-corrected chi connectivity index (χ0v) is 11.7. The minimum atomic E-state index is -4.95. The SMILES string of the molecule is COC(=O)Cc1cc(OC(F)(F)F)c(CF)c(I)n1. The first-order valence-electron chi connectivity index (χ1n) is 4.83. The number of ether oxygens (including phenoxy) is 2. The quantitative estimate of drug-likeness (QED) is 0.342. The highest BCUT2D eigenvalue weighted by atomic mass is 127. The summed E-state index contributed by atoms with van der Waals surface area (Å²) >= 11 is 1.57. The van der Waals surface area contributed by atoms with E-state index in [1.807, 2.05) is 0 Å². The molecule has 0 aliphatic carbocycles. The summed E-state index contributed by atoms with van der Waals surface area (Å²) in [6.07, 6.45) is -5.27. The molecule has 0 saturated carbocycles. The number of aromatic nitrogens is 1. The van der Waals surface area contributed by atoms with Gasteiger partial charge in [-0.25, -0.2) is 9.37 Å². The van der Waals surface area contributed by atoms with E-state index < -0.39 is 24.8 Å². The lowest BCUT2D eigenvalue weighted by Gasteiger charge is -2.14. The molecule has 0 N–H and O–H groups in total. The Balaban J connectivity index is 3.14. The molecule has 1 aromatic rings. The van der Waals surface area contributed by atoms with Gasteiger partial charge in [-0.15, -0.1) is 13.2 Å². The second-order valence-corrected chi connectivity index (χ2v) is 4.34. The highest BCUT2D eigenvalue weighted by Gasteiger charge is 2.33. The smallest absolute Gasteiger partial charge is 0.469 e. The summed E-state index contributed by atoms with van der Waals surface area (Å²) in [5.74, 6) is -1.37. The van der Waals surface area contributed by atoms with E-state index in [-0.39, 0.29) is 21.4 Å². The zero-order valence-electron chi connectivity index (χ0n) is 9.55. The normalized spacial score (nSPS) is 11.3. The van der Waals surface area contributed by atoms with Crippen LogP contribution in [0.15, 0.2) is 6.07 Å². The molecule has 0 radical (unpaired) electrons. The molecule has 1 rings (SSSR count). The van der Waals surface area contributed by atoms with Crippen LogP contribution in [0.4, 0.5) is 17.6 Å². The minimum absolute atomic E-state index is 0.000697. The Hall–Kier alpha value is -1.13. The third kappa shape index (κ3) is 4.80. The van der Waals surface area contributed by atoms with Gasteiger partial charge in [0.25, 0.3) is 0 Å². The zero-order chi connectivity index (χ0) is 14.6. The fourth-order valence-electron chi connectivity index (χ4n) is 1.21. The van der Waals surface area contributed by atoms with Crippen molar-refractivity contribution in [2.75, 3.05) is 7.11 Å². The van der Waals surface area contributed by atoms with Crippen molar-refractivity contribution in [3.05, 3.63) is 21.0 Å². The molecule has 106 valence electrons. The molecule has 0 aliphatic heterocycles. The standard InChI is InChI=1S/C10H8F4INO3/c1-18-8(17)3-5-2-7(19-10(12,13)14)6(4-11)9(15)16-5/h2H,3-4H2,1H3. The molecule has 0 amide bonds. The largest absolute Gasteiger partial charge is 0.573 e. The van der Waals surface area contributed by atoms with Gasteiger partial charge in [0.2, 0.25) is 0 Å². The highest BCUT2D eigenvalue weighted by molar-refractivity contribution is 14.1. The van der Waals surface area contributed by atoms with Crippen molar-refractivity contribution in [1.29, 1.82) is 0 Å². The number of esters is 1. The predicted molar refractivity (Wildman–Crippen MR) is 64.2 cm³/mol. The number of nitrogens with zero attached hydrogens (tertiary/aromatic N) is 1. The molecule has 1 aromatic heterocycles. The van der Waals surface area contributed by atoms with E-state index in [2.05, 4.69) is 14.5 Å². The number of rotatable bonds is 4. The number of hydrogen-bond acceptors (Lipinski definition) is 4. The van der Waals surface area contributed by atoms with E-state index in [0.717, 1.165) is 13.2 Å². The third-order valence-electron chi connectivity index (χ3n) is 2.00. The summed E-state index contributed by atoms with van der Waals surface area (Å²) in [7, 11) is 1.14. The summed E-state index contributed by atoms with van der Waals surface area (Å²) < 4.78 is 57.4. The molecule has 0 fully saturated rings. The van der Waals surface area contributed by atoms with Gasteiger partial charge >= 0.3 is 12.3 Å². The van der Waals surface area contributed by atoms with Crippen molar-refractivity contribution in [1.82, 2.24) is 4.98 Å². The molecular formula is C10H8F4INO3. The Bertz CT molecular complexity index is 479. The molecule has 0 unspecified atom stereocenters. The predicted octanol–water partition coefficient (Wildman–Crippen LogP) is 2.77. The lowest BCUT2D eigenvalue weighted by Crippen LogP contribution is -2.19. The highest BCUT2D eigenvalue weighted by Crippen LogP contribution is 2.30. The van der Waals surface area contributed by atoms with E-state index in [9.17, 15) is 22.4 Å². The molecule has 4 nitrogen and oxygen atoms in total. The monoisotopic (exact) mass is 393 g/mol. The Labute approximate surface area is 119 Å². The summed E-state index contributed by atoms with van der Waals surface area (Å²) in [6, 6.07) is 0.876. The van der Waals surface area contributed by atoms with Crippen LogP contribution in [0, 0.1) is 3.70 Å². The van der Waals surface area contributed by atoms with Crippen LogP contribution in [0.1, 0.15) is 11.3 Å². The maximum absolute atomic E-state index is 12.7. The summed E-state index contributed by atoms with van der Waals surface area (Å²) in [4.78, 5) is 14.9. The molecule has 0 spiro atoms. The average molecular weight is 393 g/mol. The Kier molecular flexibility index (Phi) is 5.32. The lowest BCUT2D eigenvalue weighted by atomic mass is 10.2. The Morgan fingerprint density at radius 3 is 2.58 bits per heavy atom. The topological polar surface area (TPSA) is 48.4 Å². The first-order valence-corrected chi connectivity index (χ1v) is 5.91. The van der Waals surface area contributed by atoms with Crippen molar-refractivity contribution in [2.45, 2.75) is 19.5 Å². The van der Waals surface area contributed by atoms with Gasteiger partial charge in [-0.1, -0.05) is 0 Å². The second-order valence-electron chi connectivity index (χ2n) is 3.32. The van der Waals surface area contributed by atoms with Gasteiger partial charge in [-0.05, 0) is 22.6 Å². The minimum Gasteiger partial charge on any atom is -0.469 e. The van der Waals surface area contributed by atoms with Gasteiger partial charge in [-0.3, -0.25) is 4.79 Å². The maximum Gasteiger partial charge on any atom is 0.573 e. The van der Waals surface area contributed by atoms with Crippen LogP contribution >= 0.6 is 22.6 Å². The number of pyridine rings is 1. The van der Waals surface area contributed by atoms with Gasteiger partial charge in [0.1, 0.15) is 16.1 Å². The Morgan fingerprint density at radius 1 is 1.47 bits per heavy atom. The first-order chi connectivity index (χ1) is 8.76. The van der Waals surface area contributed by atoms with Gasteiger partial charge in [0.05, 0.1) is 24.8 Å². The molecule has 9 heteroatoms. The molecular weight excluding hydrogens is 385 g/mol. The molecule has 0 bridgehead atoms. The van der Waals surface area contributed by atoms with Crippen LogP contribution in [-0.4, -0.2) is 24.4 Å². The van der Waals surface area contributed by atoms with Crippen molar-refractivity contribution in [3.63, 3.8) is 0 Å². The summed E-state index contributed by atoms with van der Waals surface area (Å²) in [5.41, 5.74) is -0.306. The molecule has 1 heterocycles. The van der Waals surface area contributed by atoms with Crippen LogP contribution in [0.5, 0.6) is 5.75 Å². The number of carbonyl (C=O) groups is 1. The number of methoxy groups -OCH3 is 1. The summed E-state index contributed by atoms with van der Waals surface area (Å²) in [5, 5.41) is 0. The fraction of sp³-hybridized carbons (Fsp3) is 0.400. The van der Waals surface area contributed by atoms with Crippen molar-refractivity contribution < 1.29 is 31.8 Å².